The number of nitriles is 1. The highest BCUT2D eigenvalue weighted by Crippen LogP contribution is 2.26. The van der Waals surface area contributed by atoms with Gasteiger partial charge in [0.15, 0.2) is 0 Å². The van der Waals surface area contributed by atoms with E-state index in [0.29, 0.717) is 21.8 Å². The maximum atomic E-state index is 12.2. The van der Waals surface area contributed by atoms with Crippen LogP contribution in [-0.4, -0.2) is 52.1 Å². The van der Waals surface area contributed by atoms with Gasteiger partial charge in [-0.25, -0.2) is 20.0 Å². The highest BCUT2D eigenvalue weighted by molar-refractivity contribution is 8.00. The summed E-state index contributed by atoms with van der Waals surface area (Å²) in [7, 11) is 1.53. The number of aryl methyl sites for hydroxylation is 1. The maximum Gasteiger partial charge on any atom is 0.335 e. The molecule has 0 saturated heterocycles. The third-order valence-corrected chi connectivity index (χ3v) is 5.64. The number of benzene rings is 1. The van der Waals surface area contributed by atoms with Crippen LogP contribution in [0, 0.1) is 18.3 Å². The fraction of sp³-hybridized carbons (Fsp3) is 0.167. The van der Waals surface area contributed by atoms with Crippen LogP contribution in [-0.2, 0) is 16.1 Å². The summed E-state index contributed by atoms with van der Waals surface area (Å²) in [6.07, 6.45) is 1.24. The number of rotatable bonds is 10. The predicted octanol–water partition coefficient (Wildman–Crippen LogP) is 3.31. The molecule has 12 heteroatoms. The molecule has 3 N–H and O–H groups in total. The van der Waals surface area contributed by atoms with Crippen molar-refractivity contribution in [3.63, 3.8) is 0 Å². The second-order valence-electron chi connectivity index (χ2n) is 7.34. The number of amides is 1. The lowest BCUT2D eigenvalue weighted by atomic mass is 10.0. The first-order valence-corrected chi connectivity index (χ1v) is 11.3. The van der Waals surface area contributed by atoms with Gasteiger partial charge < -0.3 is 19.4 Å². The highest BCUT2D eigenvalue weighted by Gasteiger charge is 2.15. The van der Waals surface area contributed by atoms with Crippen molar-refractivity contribution < 1.29 is 33.8 Å². The summed E-state index contributed by atoms with van der Waals surface area (Å²) < 4.78 is 10.7. The number of nitrogens with zero attached hydrogens (tertiary/aromatic N) is 3. The molecular weight excluding hydrogens is 488 g/mol. The number of aromatic carboxylic acids is 2. The minimum Gasteiger partial charge on any atom is -0.478 e. The molecule has 0 aliphatic heterocycles. The maximum absolute atomic E-state index is 12.2. The number of carboxylic acid groups (broad SMARTS) is 2. The molecule has 2 aromatic heterocycles. The van der Waals surface area contributed by atoms with Crippen LogP contribution in [0.3, 0.4) is 0 Å². The zero-order chi connectivity index (χ0) is 26.2. The van der Waals surface area contributed by atoms with E-state index in [2.05, 4.69) is 21.6 Å². The molecule has 0 spiro atoms. The van der Waals surface area contributed by atoms with Crippen molar-refractivity contribution in [2.45, 2.75) is 18.6 Å². The molecule has 0 bridgehead atoms. The first kappa shape index (κ1) is 26.1. The Balaban J connectivity index is 1.65. The molecule has 0 radical (unpaired) electrons. The first-order chi connectivity index (χ1) is 17.2. The van der Waals surface area contributed by atoms with Gasteiger partial charge in [-0.05, 0) is 48.9 Å². The van der Waals surface area contributed by atoms with Crippen molar-refractivity contribution in [2.75, 3.05) is 12.9 Å². The van der Waals surface area contributed by atoms with Crippen LogP contribution in [0.1, 0.15) is 43.3 Å². The number of hydrogen-bond donors (Lipinski definition) is 3. The molecular formula is C24H20N4O7S. The minimum absolute atomic E-state index is 0.0434. The molecule has 3 rings (SSSR count). The second-order valence-corrected chi connectivity index (χ2v) is 8.30. The molecule has 184 valence electrons. The number of ether oxygens (including phenoxy) is 1. The van der Waals surface area contributed by atoms with Gasteiger partial charge in [-0.2, -0.15) is 10.4 Å². The monoisotopic (exact) mass is 508 g/mol. The van der Waals surface area contributed by atoms with Gasteiger partial charge >= 0.3 is 11.9 Å². The third kappa shape index (κ3) is 6.56. The molecule has 1 amide bonds. The van der Waals surface area contributed by atoms with E-state index in [4.69, 9.17) is 9.15 Å². The van der Waals surface area contributed by atoms with Crippen molar-refractivity contribution >= 4 is 35.8 Å². The molecule has 3 aromatic rings. The van der Waals surface area contributed by atoms with E-state index in [1.807, 2.05) is 0 Å². The van der Waals surface area contributed by atoms with Gasteiger partial charge in [0.25, 0.3) is 0 Å². The Bertz CT molecular complexity index is 1360. The summed E-state index contributed by atoms with van der Waals surface area (Å²) in [5, 5.41) is 32.2. The van der Waals surface area contributed by atoms with E-state index in [1.54, 1.807) is 13.0 Å². The summed E-state index contributed by atoms with van der Waals surface area (Å²) >= 11 is 1.09. The molecule has 0 atom stereocenters. The number of pyridine rings is 1. The summed E-state index contributed by atoms with van der Waals surface area (Å²) in [5.74, 6) is -2.56. The Morgan fingerprint density at radius 1 is 1.19 bits per heavy atom. The number of nitrogens with one attached hydrogen (secondary N) is 1. The van der Waals surface area contributed by atoms with Crippen LogP contribution >= 0.6 is 11.8 Å². The zero-order valence-corrected chi connectivity index (χ0v) is 20.0. The molecule has 11 nitrogen and oxygen atoms in total. The largest absolute Gasteiger partial charge is 0.478 e. The quantitative estimate of drug-likeness (QED) is 0.209. The van der Waals surface area contributed by atoms with E-state index in [9.17, 15) is 29.9 Å². The standard InChI is InChI=1S/C24H20N4O7S/c1-13-5-17(11-34-2)19(9-25)22(27-13)36-12-21(29)28-26-10-18-3-4-20(35-18)14-6-15(23(30)31)8-16(7-14)24(32)33/h3-8,10H,11-12H2,1-2H3,(H,28,29)(H,30,31)(H,32,33)/b26-10-. The van der Waals surface area contributed by atoms with Crippen LogP contribution < -0.4 is 5.43 Å². The average Bonchev–Trinajstić information content (AvgIpc) is 3.31. The molecule has 0 fully saturated rings. The van der Waals surface area contributed by atoms with E-state index in [-0.39, 0.29) is 40.6 Å². The van der Waals surface area contributed by atoms with Crippen molar-refractivity contribution in [2.24, 2.45) is 5.10 Å². The molecule has 1 aromatic carbocycles. The SMILES string of the molecule is COCc1cc(C)nc(SCC(=O)N/N=C\c2ccc(-c3cc(C(=O)O)cc(C(=O)O)c3)o2)c1C#N. The Hall–Kier alpha value is -4.47. The molecule has 0 saturated carbocycles. The van der Waals surface area contributed by atoms with Gasteiger partial charge in [0, 0.05) is 18.4 Å². The average molecular weight is 509 g/mol. The minimum atomic E-state index is -1.27. The van der Waals surface area contributed by atoms with Gasteiger partial charge in [0.2, 0.25) is 5.91 Å². The van der Waals surface area contributed by atoms with Crippen LogP contribution in [0.2, 0.25) is 0 Å². The smallest absolute Gasteiger partial charge is 0.335 e. The molecule has 0 unspecified atom stereocenters. The van der Waals surface area contributed by atoms with E-state index >= 15 is 0 Å². The van der Waals surface area contributed by atoms with Crippen molar-refractivity contribution in [3.05, 3.63) is 70.1 Å². The van der Waals surface area contributed by atoms with Crippen LogP contribution in [0.5, 0.6) is 0 Å². The number of carbonyl (C=O) groups excluding carboxylic acids is 1. The number of furan rings is 1. The Kier molecular flexibility index (Phi) is 8.56. The molecule has 2 heterocycles. The number of thioether (sulfide) groups is 1. The van der Waals surface area contributed by atoms with Gasteiger partial charge in [-0.1, -0.05) is 11.8 Å². The fourth-order valence-electron chi connectivity index (χ4n) is 3.13. The predicted molar refractivity (Wildman–Crippen MR) is 129 cm³/mol. The second kappa shape index (κ2) is 11.8. The number of carboxylic acids is 2. The van der Waals surface area contributed by atoms with Gasteiger partial charge in [0.05, 0.1) is 35.3 Å². The van der Waals surface area contributed by atoms with E-state index in [1.165, 1.54) is 37.6 Å². The van der Waals surface area contributed by atoms with E-state index < -0.39 is 17.8 Å². The Morgan fingerprint density at radius 2 is 1.89 bits per heavy atom. The first-order valence-electron chi connectivity index (χ1n) is 10.3. The molecule has 0 aliphatic rings. The van der Waals surface area contributed by atoms with Crippen molar-refractivity contribution in [1.82, 2.24) is 10.4 Å². The number of hydrazone groups is 1. The van der Waals surface area contributed by atoms with Crippen LogP contribution in [0.25, 0.3) is 11.3 Å². The normalized spacial score (nSPS) is 10.8. The summed E-state index contributed by atoms with van der Waals surface area (Å²) in [6.45, 7) is 2.03. The lowest BCUT2D eigenvalue weighted by Crippen LogP contribution is -2.19. The van der Waals surface area contributed by atoms with Gasteiger partial charge in [-0.15, -0.1) is 0 Å². The summed E-state index contributed by atoms with van der Waals surface area (Å²) in [4.78, 5) is 39.1. The molecule has 0 aliphatic carbocycles. The lowest BCUT2D eigenvalue weighted by Gasteiger charge is -2.09. The zero-order valence-electron chi connectivity index (χ0n) is 19.1. The van der Waals surface area contributed by atoms with E-state index in [0.717, 1.165) is 17.8 Å². The van der Waals surface area contributed by atoms with Crippen LogP contribution in [0.4, 0.5) is 0 Å². The van der Waals surface area contributed by atoms with Crippen LogP contribution in [0.15, 0.2) is 50.9 Å². The Morgan fingerprint density at radius 3 is 2.50 bits per heavy atom. The lowest BCUT2D eigenvalue weighted by molar-refractivity contribution is -0.118. The van der Waals surface area contributed by atoms with Gasteiger partial charge in [0.1, 0.15) is 22.6 Å². The van der Waals surface area contributed by atoms with Gasteiger partial charge in [-0.3, -0.25) is 4.79 Å². The van der Waals surface area contributed by atoms with Crippen molar-refractivity contribution in [1.29, 1.82) is 5.26 Å². The topological polar surface area (TPSA) is 175 Å². The molecule has 36 heavy (non-hydrogen) atoms. The summed E-state index contributed by atoms with van der Waals surface area (Å²) in [5.41, 5.74) is 3.95. The number of hydrogen-bond acceptors (Lipinski definition) is 9. The number of methoxy groups -OCH3 is 1. The fourth-order valence-corrected chi connectivity index (χ4v) is 3.99. The van der Waals surface area contributed by atoms with Crippen molar-refractivity contribution in [3.8, 4) is 17.4 Å². The highest BCUT2D eigenvalue weighted by atomic mass is 32.2. The Labute approximate surface area is 209 Å². The number of aromatic nitrogens is 1. The third-order valence-electron chi connectivity index (χ3n) is 4.67. The summed E-state index contributed by atoms with van der Waals surface area (Å²) in [6, 6.07) is 10.5. The number of carbonyl (C=O) groups is 3.